The molecule has 4 aromatic rings. The molecule has 4 rings (SSSR count). The Hall–Kier alpha value is -5.62. The molecule has 0 aliphatic heterocycles. The number of benzene rings is 2. The van der Waals surface area contributed by atoms with E-state index < -0.39 is 33.6 Å². The molecule has 0 aliphatic rings. The number of thiazole rings is 2. The second kappa shape index (κ2) is 14.1. The number of carbonyl (C=O) groups is 4. The molecule has 0 unspecified atom stereocenters. The molecule has 2 heterocycles. The van der Waals surface area contributed by atoms with Crippen molar-refractivity contribution in [3.63, 3.8) is 0 Å². The van der Waals surface area contributed by atoms with Crippen LogP contribution in [0.25, 0.3) is 0 Å². The van der Waals surface area contributed by atoms with Crippen molar-refractivity contribution in [3.05, 3.63) is 92.3 Å². The first-order valence-corrected chi connectivity index (χ1v) is 13.0. The van der Waals surface area contributed by atoms with Crippen LogP contribution in [-0.2, 0) is 9.59 Å². The lowest BCUT2D eigenvalue weighted by molar-refractivity contribution is -0.380. The topological polar surface area (TPSA) is 223 Å². The summed E-state index contributed by atoms with van der Waals surface area (Å²) in [4.78, 5) is 73.5. The first-order chi connectivity index (χ1) is 19.9. The van der Waals surface area contributed by atoms with E-state index in [-0.39, 0.29) is 42.9 Å². The number of carbonyl (C=O) groups excluding carboxylic acids is 4. The Morgan fingerprint density at radius 1 is 0.690 bits per heavy atom. The van der Waals surface area contributed by atoms with Gasteiger partial charge in [-0.2, -0.15) is 0 Å². The number of hydrogen-bond donors (Lipinski definition) is 2. The summed E-state index contributed by atoms with van der Waals surface area (Å²) in [5.41, 5.74) is 0.260. The second-order valence-corrected chi connectivity index (χ2v) is 9.63. The summed E-state index contributed by atoms with van der Waals surface area (Å²) in [6, 6.07) is 12.3. The lowest BCUT2D eigenvalue weighted by Crippen LogP contribution is -2.14. The standard InChI is InChI=1S/2C12H9N3O5S/c2*1-7(16)20-9-5-3-2-4-8(9)11(17)14-12-13-6-10(21-12)15(18)19/h2*2-6H,1H3,(H,13,14,17). The molecular formula is C24H18N6O10S2. The van der Waals surface area contributed by atoms with E-state index in [2.05, 4.69) is 20.6 Å². The molecule has 0 bridgehead atoms. The predicted molar refractivity (Wildman–Crippen MR) is 149 cm³/mol. The van der Waals surface area contributed by atoms with Crippen molar-refractivity contribution in [1.29, 1.82) is 0 Å². The zero-order valence-electron chi connectivity index (χ0n) is 21.5. The number of nitro groups is 2. The minimum Gasteiger partial charge on any atom is -0.426 e. The summed E-state index contributed by atoms with van der Waals surface area (Å²) in [6.07, 6.45) is 2.11. The van der Waals surface area contributed by atoms with E-state index in [0.717, 1.165) is 35.1 Å². The molecule has 2 aromatic carbocycles. The Labute approximate surface area is 243 Å². The average molecular weight is 615 g/mol. The van der Waals surface area contributed by atoms with Gasteiger partial charge in [0.2, 0.25) is 0 Å². The molecule has 0 atom stereocenters. The predicted octanol–water partition coefficient (Wildman–Crippen LogP) is 4.46. The van der Waals surface area contributed by atoms with Gasteiger partial charge in [-0.15, -0.1) is 0 Å². The number of rotatable bonds is 8. The molecule has 216 valence electrons. The Balaban J connectivity index is 0.000000230. The van der Waals surface area contributed by atoms with Crippen molar-refractivity contribution in [2.24, 2.45) is 0 Å². The minimum absolute atomic E-state index is 0.0873. The quantitative estimate of drug-likeness (QED) is 0.121. The maximum atomic E-state index is 12.1. The van der Waals surface area contributed by atoms with E-state index in [1.165, 1.54) is 38.1 Å². The van der Waals surface area contributed by atoms with Crippen LogP contribution in [0, 0.1) is 20.2 Å². The van der Waals surface area contributed by atoms with Crippen LogP contribution in [0.4, 0.5) is 20.3 Å². The van der Waals surface area contributed by atoms with Gasteiger partial charge >= 0.3 is 21.9 Å². The Morgan fingerprint density at radius 3 is 1.36 bits per heavy atom. The number of amides is 2. The van der Waals surface area contributed by atoms with Gasteiger partial charge in [-0.1, -0.05) is 24.3 Å². The third kappa shape index (κ3) is 8.69. The first-order valence-electron chi connectivity index (χ1n) is 11.3. The van der Waals surface area contributed by atoms with Crippen LogP contribution in [0.1, 0.15) is 34.6 Å². The third-order valence-electron chi connectivity index (χ3n) is 4.56. The summed E-state index contributed by atoms with van der Waals surface area (Å²) in [5.74, 6) is -2.05. The maximum Gasteiger partial charge on any atom is 0.345 e. The van der Waals surface area contributed by atoms with Crippen LogP contribution in [-0.4, -0.2) is 43.6 Å². The number of para-hydroxylation sites is 2. The molecule has 0 spiro atoms. The van der Waals surface area contributed by atoms with Gasteiger partial charge in [-0.3, -0.25) is 50.0 Å². The van der Waals surface area contributed by atoms with Gasteiger partial charge in [-0.05, 0) is 46.9 Å². The van der Waals surface area contributed by atoms with E-state index in [1.807, 2.05) is 0 Å². The van der Waals surface area contributed by atoms with Gasteiger partial charge < -0.3 is 9.47 Å². The van der Waals surface area contributed by atoms with Gasteiger partial charge in [-0.25, -0.2) is 9.97 Å². The number of nitrogens with zero attached hydrogens (tertiary/aromatic N) is 4. The average Bonchev–Trinajstić information content (AvgIpc) is 3.59. The van der Waals surface area contributed by atoms with Gasteiger partial charge in [0.1, 0.15) is 23.9 Å². The second-order valence-electron chi connectivity index (χ2n) is 7.61. The number of ether oxygens (including phenoxy) is 2. The number of nitrogens with one attached hydrogen (secondary N) is 2. The summed E-state index contributed by atoms with van der Waals surface area (Å²) < 4.78 is 9.85. The highest BCUT2D eigenvalue weighted by Crippen LogP contribution is 2.28. The van der Waals surface area contributed by atoms with Crippen molar-refractivity contribution in [2.75, 3.05) is 10.6 Å². The normalized spacial score (nSPS) is 9.95. The molecule has 2 amide bonds. The largest absolute Gasteiger partial charge is 0.426 e. The minimum atomic E-state index is -0.597. The fraction of sp³-hybridized carbons (Fsp3) is 0.0833. The van der Waals surface area contributed by atoms with Gasteiger partial charge in [0, 0.05) is 13.8 Å². The maximum absolute atomic E-state index is 12.1. The molecule has 2 N–H and O–H groups in total. The Bertz CT molecular complexity index is 1550. The summed E-state index contributed by atoms with van der Waals surface area (Å²) >= 11 is 1.47. The van der Waals surface area contributed by atoms with Crippen LogP contribution in [0.3, 0.4) is 0 Å². The van der Waals surface area contributed by atoms with Crippen molar-refractivity contribution in [3.8, 4) is 11.5 Å². The third-order valence-corrected chi connectivity index (χ3v) is 6.29. The van der Waals surface area contributed by atoms with E-state index in [9.17, 15) is 39.4 Å². The van der Waals surface area contributed by atoms with Crippen molar-refractivity contribution in [1.82, 2.24) is 9.97 Å². The Kier molecular flexibility index (Phi) is 10.4. The summed E-state index contributed by atoms with van der Waals surface area (Å²) in [5, 5.41) is 25.8. The molecule has 0 saturated carbocycles. The molecular weight excluding hydrogens is 596 g/mol. The highest BCUT2D eigenvalue weighted by Gasteiger charge is 2.19. The highest BCUT2D eigenvalue weighted by atomic mass is 32.1. The smallest absolute Gasteiger partial charge is 0.345 e. The highest BCUT2D eigenvalue weighted by molar-refractivity contribution is 7.19. The monoisotopic (exact) mass is 614 g/mol. The zero-order valence-corrected chi connectivity index (χ0v) is 23.1. The first kappa shape index (κ1) is 30.9. The van der Waals surface area contributed by atoms with Crippen molar-refractivity contribution in [2.45, 2.75) is 13.8 Å². The van der Waals surface area contributed by atoms with Gasteiger partial charge in [0.15, 0.2) is 10.3 Å². The van der Waals surface area contributed by atoms with E-state index in [4.69, 9.17) is 9.47 Å². The molecule has 16 nitrogen and oxygen atoms in total. The molecule has 42 heavy (non-hydrogen) atoms. The van der Waals surface area contributed by atoms with Gasteiger partial charge in [0.25, 0.3) is 11.8 Å². The fourth-order valence-electron chi connectivity index (χ4n) is 2.94. The SMILES string of the molecule is CC(=O)Oc1ccccc1C(=O)Nc1ncc([N+](=O)[O-])s1.CC(=O)Oc1ccccc1C(=O)Nc1ncc([N+](=O)[O-])s1. The molecule has 0 saturated heterocycles. The lowest BCUT2D eigenvalue weighted by atomic mass is 10.2. The number of esters is 2. The Morgan fingerprint density at radius 2 is 1.05 bits per heavy atom. The van der Waals surface area contributed by atoms with Crippen LogP contribution in [0.5, 0.6) is 11.5 Å². The van der Waals surface area contributed by atoms with Crippen molar-refractivity contribution < 1.29 is 38.5 Å². The van der Waals surface area contributed by atoms with E-state index in [0.29, 0.717) is 0 Å². The molecule has 2 aromatic heterocycles. The van der Waals surface area contributed by atoms with Gasteiger partial charge in [0.05, 0.1) is 21.0 Å². The zero-order chi connectivity index (χ0) is 30.8. The van der Waals surface area contributed by atoms with Crippen LogP contribution >= 0.6 is 22.7 Å². The number of aromatic nitrogens is 2. The summed E-state index contributed by atoms with van der Waals surface area (Å²) in [6.45, 7) is 2.44. The van der Waals surface area contributed by atoms with Crippen molar-refractivity contribution >= 4 is 66.7 Å². The van der Waals surface area contributed by atoms with Crippen LogP contribution in [0.15, 0.2) is 60.9 Å². The summed E-state index contributed by atoms with van der Waals surface area (Å²) in [7, 11) is 0. The lowest BCUT2D eigenvalue weighted by Gasteiger charge is -2.07. The molecule has 0 aliphatic carbocycles. The van der Waals surface area contributed by atoms with Crippen LogP contribution in [0.2, 0.25) is 0 Å². The van der Waals surface area contributed by atoms with E-state index in [1.54, 1.807) is 24.3 Å². The number of hydrogen-bond acceptors (Lipinski definition) is 14. The van der Waals surface area contributed by atoms with Crippen LogP contribution < -0.4 is 20.1 Å². The van der Waals surface area contributed by atoms with E-state index >= 15 is 0 Å². The number of anilines is 2. The molecule has 0 radical (unpaired) electrons. The fourth-order valence-corrected chi connectivity index (χ4v) is 4.20. The molecule has 18 heteroatoms. The molecule has 0 fully saturated rings.